The van der Waals surface area contributed by atoms with Crippen LogP contribution in [-0.4, -0.2) is 11.2 Å². The van der Waals surface area contributed by atoms with Crippen molar-refractivity contribution in [3.05, 3.63) is 0 Å². The van der Waals surface area contributed by atoms with Crippen LogP contribution in [0.2, 0.25) is 0 Å². The Morgan fingerprint density at radius 3 is 2.43 bits per heavy atom. The largest absolute Gasteiger partial charge is 0.393 e. The van der Waals surface area contributed by atoms with Gasteiger partial charge in [0.15, 0.2) is 0 Å². The molecule has 2 unspecified atom stereocenters. The topological polar surface area (TPSA) is 20.2 Å². The number of hydrogen-bond donors (Lipinski definition) is 1. The predicted octanol–water partition coefficient (Wildman–Crippen LogP) is 7.08. The molecule has 0 aromatic heterocycles. The fraction of sp³-hybridized carbons (Fsp3) is 0.926. The highest BCUT2D eigenvalue weighted by Gasteiger charge is 2.59. The highest BCUT2D eigenvalue weighted by molar-refractivity contribution is 5.09. The molecule has 3 fully saturated rings. The van der Waals surface area contributed by atoms with Crippen LogP contribution in [0.25, 0.3) is 0 Å². The van der Waals surface area contributed by atoms with Crippen LogP contribution < -0.4 is 0 Å². The van der Waals surface area contributed by atoms with Crippen molar-refractivity contribution in [3.63, 3.8) is 0 Å². The minimum atomic E-state index is -0.154. The lowest BCUT2D eigenvalue weighted by atomic mass is 9.47. The second-order valence-corrected chi connectivity index (χ2v) is 11.7. The van der Waals surface area contributed by atoms with Crippen LogP contribution in [0.5, 0.6) is 0 Å². The van der Waals surface area contributed by atoms with Gasteiger partial charge in [0.1, 0.15) is 0 Å². The number of aliphatic hydroxyl groups is 1. The van der Waals surface area contributed by atoms with E-state index >= 15 is 0 Å². The molecule has 1 nitrogen and oxygen atoms in total. The summed E-state index contributed by atoms with van der Waals surface area (Å²) in [7, 11) is 0. The molecule has 28 heavy (non-hydrogen) atoms. The van der Waals surface area contributed by atoms with E-state index in [9.17, 15) is 5.11 Å². The van der Waals surface area contributed by atoms with E-state index in [1.807, 2.05) is 0 Å². The number of terminal acetylenes is 1. The SMILES string of the molecule is C#CCC[C@@]1(C)C(O)CCC2[C@@H]3CC[C@H]([C@H](C)CCCC(C)C)[C@@]3(C)CC[C@@H]21. The third kappa shape index (κ3) is 3.93. The van der Waals surface area contributed by atoms with Gasteiger partial charge in [-0.05, 0) is 91.3 Å². The maximum atomic E-state index is 10.9. The van der Waals surface area contributed by atoms with Gasteiger partial charge in [-0.25, -0.2) is 0 Å². The Bertz CT molecular complexity index is 559. The molecule has 1 heteroatoms. The van der Waals surface area contributed by atoms with Crippen LogP contribution in [0.1, 0.15) is 105 Å². The van der Waals surface area contributed by atoms with E-state index in [2.05, 4.69) is 40.5 Å². The van der Waals surface area contributed by atoms with Gasteiger partial charge in [0.25, 0.3) is 0 Å². The van der Waals surface area contributed by atoms with Gasteiger partial charge in [0.2, 0.25) is 0 Å². The molecule has 0 saturated heterocycles. The summed E-state index contributed by atoms with van der Waals surface area (Å²) in [6.07, 6.45) is 19.2. The molecule has 0 aromatic rings. The second kappa shape index (κ2) is 8.71. The lowest BCUT2D eigenvalue weighted by Crippen LogP contribution is -2.54. The zero-order valence-electron chi connectivity index (χ0n) is 19.3. The molecule has 160 valence electrons. The third-order valence-electron chi connectivity index (χ3n) is 9.83. The van der Waals surface area contributed by atoms with Gasteiger partial charge in [-0.2, -0.15) is 0 Å². The average Bonchev–Trinajstić information content (AvgIpc) is 3.00. The van der Waals surface area contributed by atoms with Gasteiger partial charge in [0, 0.05) is 6.42 Å². The quantitative estimate of drug-likeness (QED) is 0.463. The van der Waals surface area contributed by atoms with Crippen molar-refractivity contribution in [3.8, 4) is 12.3 Å². The molecule has 3 saturated carbocycles. The summed E-state index contributed by atoms with van der Waals surface area (Å²) in [5.41, 5.74) is 0.575. The molecule has 0 aromatic carbocycles. The summed E-state index contributed by atoms with van der Waals surface area (Å²) in [4.78, 5) is 0. The van der Waals surface area contributed by atoms with Crippen molar-refractivity contribution in [2.75, 3.05) is 0 Å². The molecule has 3 aliphatic rings. The Morgan fingerprint density at radius 1 is 1.00 bits per heavy atom. The van der Waals surface area contributed by atoms with E-state index in [-0.39, 0.29) is 11.5 Å². The van der Waals surface area contributed by atoms with Crippen molar-refractivity contribution < 1.29 is 5.11 Å². The smallest absolute Gasteiger partial charge is 0.0597 e. The molecule has 0 bridgehead atoms. The zero-order valence-corrected chi connectivity index (χ0v) is 19.3. The minimum absolute atomic E-state index is 0.0393. The zero-order chi connectivity index (χ0) is 20.5. The van der Waals surface area contributed by atoms with Crippen LogP contribution in [0.4, 0.5) is 0 Å². The number of hydrogen-bond acceptors (Lipinski definition) is 1. The van der Waals surface area contributed by atoms with Gasteiger partial charge in [-0.3, -0.25) is 0 Å². The summed E-state index contributed by atoms with van der Waals surface area (Å²) in [6, 6.07) is 0. The Kier molecular flexibility index (Phi) is 6.91. The number of rotatable bonds is 7. The number of aliphatic hydroxyl groups excluding tert-OH is 1. The van der Waals surface area contributed by atoms with Crippen molar-refractivity contribution in [2.24, 2.45) is 46.3 Å². The van der Waals surface area contributed by atoms with Crippen molar-refractivity contribution in [1.29, 1.82) is 0 Å². The summed E-state index contributed by atoms with van der Waals surface area (Å²) >= 11 is 0. The van der Waals surface area contributed by atoms with Crippen molar-refractivity contribution >= 4 is 0 Å². The molecule has 0 aliphatic heterocycles. The van der Waals surface area contributed by atoms with Crippen LogP contribution in [0.3, 0.4) is 0 Å². The molecule has 3 aliphatic carbocycles. The second-order valence-electron chi connectivity index (χ2n) is 11.7. The fourth-order valence-electron chi connectivity index (χ4n) is 8.15. The maximum Gasteiger partial charge on any atom is 0.0597 e. The Morgan fingerprint density at radius 2 is 1.75 bits per heavy atom. The average molecular weight is 387 g/mol. The predicted molar refractivity (Wildman–Crippen MR) is 120 cm³/mol. The van der Waals surface area contributed by atoms with Gasteiger partial charge in [0.05, 0.1) is 6.10 Å². The van der Waals surface area contributed by atoms with Gasteiger partial charge < -0.3 is 5.11 Å². The van der Waals surface area contributed by atoms with E-state index in [4.69, 9.17) is 6.42 Å². The normalized spacial score (nSPS) is 44.0. The van der Waals surface area contributed by atoms with Crippen LogP contribution in [0, 0.1) is 58.7 Å². The van der Waals surface area contributed by atoms with E-state index in [1.165, 1.54) is 51.4 Å². The van der Waals surface area contributed by atoms with E-state index < -0.39 is 0 Å². The highest BCUT2D eigenvalue weighted by Crippen LogP contribution is 2.66. The first-order valence-electron chi connectivity index (χ1n) is 12.4. The Balaban J connectivity index is 1.72. The molecule has 0 heterocycles. The van der Waals surface area contributed by atoms with Crippen molar-refractivity contribution in [1.82, 2.24) is 0 Å². The fourth-order valence-corrected chi connectivity index (χ4v) is 8.15. The molecule has 8 atom stereocenters. The molecular formula is C27H46O. The van der Waals surface area contributed by atoms with Gasteiger partial charge in [-0.1, -0.05) is 53.9 Å². The molecule has 3 rings (SSSR count). The summed E-state index contributed by atoms with van der Waals surface area (Å²) in [5.74, 6) is 7.84. The van der Waals surface area contributed by atoms with E-state index in [0.29, 0.717) is 11.3 Å². The number of fused-ring (bicyclic) bond motifs is 3. The lowest BCUT2D eigenvalue weighted by Gasteiger charge is -2.58. The maximum absolute atomic E-state index is 10.9. The molecule has 0 amide bonds. The first-order chi connectivity index (χ1) is 13.2. The van der Waals surface area contributed by atoms with Gasteiger partial charge >= 0.3 is 0 Å². The molecule has 1 N–H and O–H groups in total. The van der Waals surface area contributed by atoms with Crippen LogP contribution >= 0.6 is 0 Å². The van der Waals surface area contributed by atoms with E-state index in [1.54, 1.807) is 0 Å². The minimum Gasteiger partial charge on any atom is -0.393 e. The first kappa shape index (κ1) is 22.2. The standard InChI is InChI=1S/C27H46O/c1-7-8-17-27(6)24-16-18-26(5)22(20(4)11-9-10-19(2)3)13-14-23(26)21(24)12-15-25(27)28/h1,19-25,28H,8-18H2,2-6H3/t20-,21?,22-,23+,24+,25?,26-,27-/m1/s1. The molecule has 0 spiro atoms. The van der Waals surface area contributed by atoms with Crippen molar-refractivity contribution in [2.45, 2.75) is 111 Å². The van der Waals surface area contributed by atoms with Crippen LogP contribution in [0.15, 0.2) is 0 Å². The molecule has 0 radical (unpaired) electrons. The Labute approximate surface area is 175 Å². The van der Waals surface area contributed by atoms with E-state index in [0.717, 1.165) is 48.9 Å². The monoisotopic (exact) mass is 386 g/mol. The van der Waals surface area contributed by atoms with Crippen LogP contribution in [-0.2, 0) is 0 Å². The summed E-state index contributed by atoms with van der Waals surface area (Å²) in [5, 5.41) is 10.9. The first-order valence-corrected chi connectivity index (χ1v) is 12.4. The Hall–Kier alpha value is -0.480. The summed E-state index contributed by atoms with van der Waals surface area (Å²) in [6.45, 7) is 12.3. The third-order valence-corrected chi connectivity index (χ3v) is 9.83. The van der Waals surface area contributed by atoms with Gasteiger partial charge in [-0.15, -0.1) is 12.3 Å². The summed E-state index contributed by atoms with van der Waals surface area (Å²) < 4.78 is 0. The highest BCUT2D eigenvalue weighted by atomic mass is 16.3. The molecular weight excluding hydrogens is 340 g/mol. The lowest BCUT2D eigenvalue weighted by molar-refractivity contribution is -0.132.